The van der Waals surface area contributed by atoms with Crippen LogP contribution in [0.1, 0.15) is 15.9 Å². The number of hydrogen-bond donors (Lipinski definition) is 2. The summed E-state index contributed by atoms with van der Waals surface area (Å²) in [5, 5.41) is 4.61. The molecule has 0 spiro atoms. The minimum absolute atomic E-state index is 0.0657. The van der Waals surface area contributed by atoms with Gasteiger partial charge >= 0.3 is 12.4 Å². The quantitative estimate of drug-likeness (QED) is 0.707. The Labute approximate surface area is 164 Å². The Hall–Kier alpha value is -3.44. The fraction of sp³-hybridized carbons (Fsp3) is 0.222. The summed E-state index contributed by atoms with van der Waals surface area (Å²) in [6, 6.07) is 5.53. The summed E-state index contributed by atoms with van der Waals surface area (Å²) in [5.41, 5.74) is -1.56. The van der Waals surface area contributed by atoms with Crippen molar-refractivity contribution in [2.75, 3.05) is 23.8 Å². The molecule has 1 heterocycles. The van der Waals surface area contributed by atoms with E-state index >= 15 is 0 Å². The Morgan fingerprint density at radius 2 is 1.83 bits per heavy atom. The Morgan fingerprint density at radius 3 is 2.50 bits per heavy atom. The van der Waals surface area contributed by atoms with Gasteiger partial charge in [0.15, 0.2) is 13.2 Å². The second kappa shape index (κ2) is 7.76. The SMILES string of the molecule is O=C1COc2cc(C(=O)Nc3cc(C(F)(F)F)ccc3OCC(F)(F)F)ccc2N1. The minimum Gasteiger partial charge on any atom is -0.482 e. The molecule has 2 aromatic carbocycles. The average molecular weight is 434 g/mol. The lowest BCUT2D eigenvalue weighted by molar-refractivity contribution is -0.153. The highest BCUT2D eigenvalue weighted by atomic mass is 19.4. The smallest absolute Gasteiger partial charge is 0.422 e. The van der Waals surface area contributed by atoms with Crippen molar-refractivity contribution in [2.45, 2.75) is 12.4 Å². The second-order valence-corrected chi connectivity index (χ2v) is 6.11. The van der Waals surface area contributed by atoms with E-state index in [1.807, 2.05) is 0 Å². The van der Waals surface area contributed by atoms with Crippen LogP contribution >= 0.6 is 0 Å². The average Bonchev–Trinajstić information content (AvgIpc) is 2.65. The molecule has 0 saturated carbocycles. The summed E-state index contributed by atoms with van der Waals surface area (Å²) in [5.74, 6) is -1.76. The van der Waals surface area contributed by atoms with Gasteiger partial charge in [0, 0.05) is 5.56 Å². The summed E-state index contributed by atoms with van der Waals surface area (Å²) < 4.78 is 85.9. The predicted octanol–water partition coefficient (Wildman–Crippen LogP) is 4.23. The molecule has 0 fully saturated rings. The largest absolute Gasteiger partial charge is 0.482 e. The van der Waals surface area contributed by atoms with E-state index in [1.165, 1.54) is 18.2 Å². The van der Waals surface area contributed by atoms with Gasteiger partial charge in [0.1, 0.15) is 11.5 Å². The lowest BCUT2D eigenvalue weighted by Gasteiger charge is -2.19. The molecular formula is C18H12F6N2O4. The molecule has 3 rings (SSSR count). The highest BCUT2D eigenvalue weighted by Gasteiger charge is 2.33. The van der Waals surface area contributed by atoms with Crippen LogP contribution in [0.5, 0.6) is 11.5 Å². The molecule has 0 bridgehead atoms. The Morgan fingerprint density at radius 1 is 1.10 bits per heavy atom. The molecule has 2 N–H and O–H groups in total. The number of amides is 2. The summed E-state index contributed by atoms with van der Waals surface area (Å²) in [4.78, 5) is 23.7. The molecule has 2 aromatic rings. The number of halogens is 6. The zero-order valence-electron chi connectivity index (χ0n) is 14.8. The highest BCUT2D eigenvalue weighted by molar-refractivity contribution is 6.06. The van der Waals surface area contributed by atoms with E-state index in [1.54, 1.807) is 0 Å². The molecule has 2 amide bonds. The molecule has 0 saturated heterocycles. The van der Waals surface area contributed by atoms with Gasteiger partial charge in [0.25, 0.3) is 11.8 Å². The minimum atomic E-state index is -4.79. The third-order valence-corrected chi connectivity index (χ3v) is 3.82. The van der Waals surface area contributed by atoms with Gasteiger partial charge in [-0.15, -0.1) is 0 Å². The van der Waals surface area contributed by atoms with Crippen LogP contribution in [0.15, 0.2) is 36.4 Å². The van der Waals surface area contributed by atoms with Gasteiger partial charge in [0.2, 0.25) is 0 Å². The molecular weight excluding hydrogens is 422 g/mol. The van der Waals surface area contributed by atoms with Crippen LogP contribution in [0.2, 0.25) is 0 Å². The first kappa shape index (κ1) is 21.3. The number of anilines is 2. The third-order valence-electron chi connectivity index (χ3n) is 3.82. The van der Waals surface area contributed by atoms with Crippen LogP contribution in [-0.4, -0.2) is 31.2 Å². The summed E-state index contributed by atoms with van der Waals surface area (Å²) >= 11 is 0. The lowest BCUT2D eigenvalue weighted by atomic mass is 10.1. The second-order valence-electron chi connectivity index (χ2n) is 6.11. The number of nitrogens with one attached hydrogen (secondary N) is 2. The Kier molecular flexibility index (Phi) is 5.51. The first-order valence-electron chi connectivity index (χ1n) is 8.21. The van der Waals surface area contributed by atoms with Gasteiger partial charge in [-0.2, -0.15) is 26.3 Å². The van der Waals surface area contributed by atoms with Crippen molar-refractivity contribution in [3.8, 4) is 11.5 Å². The van der Waals surface area contributed by atoms with Gasteiger partial charge in [0.05, 0.1) is 16.9 Å². The van der Waals surface area contributed by atoms with E-state index in [4.69, 9.17) is 4.74 Å². The van der Waals surface area contributed by atoms with Crippen LogP contribution in [-0.2, 0) is 11.0 Å². The fourth-order valence-corrected chi connectivity index (χ4v) is 2.50. The predicted molar refractivity (Wildman–Crippen MR) is 91.5 cm³/mol. The number of rotatable bonds is 4. The standard InChI is InChI=1S/C18H12F6N2O4/c19-17(20,21)8-30-13-4-2-10(18(22,23)24)6-12(13)26-16(28)9-1-3-11-14(5-9)29-7-15(27)25-11/h1-6H,7-8H2,(H,25,27)(H,26,28). The molecule has 0 radical (unpaired) electrons. The molecule has 1 aliphatic rings. The first-order chi connectivity index (χ1) is 13.9. The maximum atomic E-state index is 13.0. The van der Waals surface area contributed by atoms with E-state index < -0.39 is 47.8 Å². The van der Waals surface area contributed by atoms with E-state index in [0.717, 1.165) is 0 Å². The van der Waals surface area contributed by atoms with Crippen molar-refractivity contribution in [1.82, 2.24) is 0 Å². The summed E-state index contributed by atoms with van der Waals surface area (Å²) in [7, 11) is 0. The zero-order chi connectivity index (χ0) is 22.1. The van der Waals surface area contributed by atoms with Crippen LogP contribution < -0.4 is 20.1 Å². The molecule has 30 heavy (non-hydrogen) atoms. The first-order valence-corrected chi connectivity index (χ1v) is 8.21. The molecule has 0 aromatic heterocycles. The molecule has 12 heteroatoms. The Bertz CT molecular complexity index is 988. The van der Waals surface area contributed by atoms with Crippen LogP contribution in [0, 0.1) is 0 Å². The topological polar surface area (TPSA) is 76.7 Å². The number of fused-ring (bicyclic) bond motifs is 1. The number of ether oxygens (including phenoxy) is 2. The van der Waals surface area contributed by atoms with Crippen molar-refractivity contribution in [2.24, 2.45) is 0 Å². The lowest BCUT2D eigenvalue weighted by Crippen LogP contribution is -2.25. The zero-order valence-corrected chi connectivity index (χ0v) is 14.8. The monoisotopic (exact) mass is 434 g/mol. The summed E-state index contributed by atoms with van der Waals surface area (Å²) in [6.07, 6.45) is -9.52. The van der Waals surface area contributed by atoms with Crippen molar-refractivity contribution in [3.63, 3.8) is 0 Å². The normalized spacial score (nSPS) is 13.7. The molecule has 0 unspecified atom stereocenters. The molecule has 6 nitrogen and oxygen atoms in total. The number of carbonyl (C=O) groups excluding carboxylic acids is 2. The number of carbonyl (C=O) groups is 2. The number of alkyl halides is 6. The third kappa shape index (κ3) is 5.13. The van der Waals surface area contributed by atoms with Crippen molar-refractivity contribution >= 4 is 23.2 Å². The van der Waals surface area contributed by atoms with Crippen LogP contribution in [0.4, 0.5) is 37.7 Å². The van der Waals surface area contributed by atoms with Crippen molar-refractivity contribution in [1.29, 1.82) is 0 Å². The van der Waals surface area contributed by atoms with Crippen molar-refractivity contribution < 1.29 is 45.4 Å². The highest BCUT2D eigenvalue weighted by Crippen LogP contribution is 2.36. The maximum Gasteiger partial charge on any atom is 0.422 e. The Balaban J connectivity index is 1.87. The van der Waals surface area contributed by atoms with Gasteiger partial charge in [-0.25, -0.2) is 0 Å². The molecule has 1 aliphatic heterocycles. The summed E-state index contributed by atoms with van der Waals surface area (Å²) in [6.45, 7) is -2.05. The fourth-order valence-electron chi connectivity index (χ4n) is 2.50. The van der Waals surface area contributed by atoms with E-state index in [2.05, 4.69) is 15.4 Å². The number of benzene rings is 2. The maximum absolute atomic E-state index is 13.0. The van der Waals surface area contributed by atoms with Gasteiger partial charge in [-0.05, 0) is 36.4 Å². The molecule has 0 aliphatic carbocycles. The van der Waals surface area contributed by atoms with Gasteiger partial charge < -0.3 is 20.1 Å². The van der Waals surface area contributed by atoms with E-state index in [0.29, 0.717) is 18.2 Å². The van der Waals surface area contributed by atoms with E-state index in [-0.39, 0.29) is 23.6 Å². The van der Waals surface area contributed by atoms with Crippen molar-refractivity contribution in [3.05, 3.63) is 47.5 Å². The molecule has 160 valence electrons. The van der Waals surface area contributed by atoms with Gasteiger partial charge in [-0.1, -0.05) is 0 Å². The van der Waals surface area contributed by atoms with Gasteiger partial charge in [-0.3, -0.25) is 9.59 Å². The van der Waals surface area contributed by atoms with Crippen LogP contribution in [0.3, 0.4) is 0 Å². The van der Waals surface area contributed by atoms with Crippen LogP contribution in [0.25, 0.3) is 0 Å². The van der Waals surface area contributed by atoms with E-state index in [9.17, 15) is 35.9 Å². The molecule has 0 atom stereocenters. The number of hydrogen-bond acceptors (Lipinski definition) is 4.